The van der Waals surface area contributed by atoms with E-state index in [0.717, 1.165) is 0 Å². The van der Waals surface area contributed by atoms with Gasteiger partial charge in [0.05, 0.1) is 24.3 Å². The zero-order valence-corrected chi connectivity index (χ0v) is 8.00. The summed E-state index contributed by atoms with van der Waals surface area (Å²) in [5.74, 6) is -0.445. The van der Waals surface area contributed by atoms with Crippen LogP contribution in [0.1, 0.15) is 10.5 Å². The number of halogens is 1. The molecule has 0 aliphatic carbocycles. The van der Waals surface area contributed by atoms with Crippen LogP contribution >= 0.6 is 11.6 Å². The summed E-state index contributed by atoms with van der Waals surface area (Å²) >= 11 is 5.59. The second kappa shape index (κ2) is 3.26. The molecular weight excluding hydrogens is 206 g/mol. The molecule has 0 unspecified atom stereocenters. The Kier molecular flexibility index (Phi) is 2.09. The molecule has 0 aromatic carbocycles. The fourth-order valence-corrected chi connectivity index (χ4v) is 1.26. The number of hydrogen-bond acceptors (Lipinski definition) is 4. The maximum Gasteiger partial charge on any atom is 0.354 e. The van der Waals surface area contributed by atoms with Crippen LogP contribution in [-0.2, 0) is 4.74 Å². The van der Waals surface area contributed by atoms with E-state index in [1.54, 1.807) is 6.07 Å². The molecule has 0 amide bonds. The summed E-state index contributed by atoms with van der Waals surface area (Å²) in [6.45, 7) is 0. The molecule has 1 N–H and O–H groups in total. The number of methoxy groups -OCH3 is 1. The first-order valence-electron chi connectivity index (χ1n) is 3.80. The van der Waals surface area contributed by atoms with Gasteiger partial charge in [-0.05, 0) is 17.7 Å². The first-order chi connectivity index (χ1) is 6.70. The molecule has 0 spiro atoms. The topological polar surface area (TPSA) is 67.9 Å². The van der Waals surface area contributed by atoms with E-state index in [0.29, 0.717) is 16.7 Å². The van der Waals surface area contributed by atoms with Gasteiger partial charge in [-0.2, -0.15) is 0 Å². The van der Waals surface area contributed by atoms with E-state index in [1.165, 1.54) is 13.3 Å². The molecule has 2 aromatic heterocycles. The van der Waals surface area contributed by atoms with Gasteiger partial charge >= 0.3 is 5.97 Å². The monoisotopic (exact) mass is 211 g/mol. The normalized spacial score (nSPS) is 10.4. The highest BCUT2D eigenvalue weighted by atomic mass is 35.5. The summed E-state index contributed by atoms with van der Waals surface area (Å²) in [5, 5.41) is 0.146. The smallest absolute Gasteiger partial charge is 0.354 e. The maximum atomic E-state index is 11.1. The molecule has 0 aliphatic heterocycles. The van der Waals surface area contributed by atoms with E-state index in [9.17, 15) is 4.79 Å². The molecule has 2 rings (SSSR count). The number of nitrogens with one attached hydrogen (secondary N) is 1. The van der Waals surface area contributed by atoms with Crippen molar-refractivity contribution in [1.29, 1.82) is 0 Å². The zero-order valence-electron chi connectivity index (χ0n) is 7.24. The van der Waals surface area contributed by atoms with E-state index in [1.807, 2.05) is 0 Å². The van der Waals surface area contributed by atoms with Gasteiger partial charge < -0.3 is 9.72 Å². The van der Waals surface area contributed by atoms with Crippen molar-refractivity contribution >= 4 is 28.6 Å². The molecule has 14 heavy (non-hydrogen) atoms. The van der Waals surface area contributed by atoms with E-state index >= 15 is 0 Å². The molecule has 6 heteroatoms. The molecular formula is C8H6ClN3O2. The second-order valence-corrected chi connectivity index (χ2v) is 2.95. The summed E-state index contributed by atoms with van der Waals surface area (Å²) in [6.07, 6.45) is 1.51. The van der Waals surface area contributed by atoms with Crippen molar-refractivity contribution in [1.82, 2.24) is 15.0 Å². The van der Waals surface area contributed by atoms with Crippen LogP contribution in [0.15, 0.2) is 12.3 Å². The number of esters is 1. The third kappa shape index (κ3) is 1.42. The summed E-state index contributed by atoms with van der Waals surface area (Å²) in [6, 6.07) is 1.56. The molecule has 72 valence electrons. The molecule has 0 saturated carbocycles. The van der Waals surface area contributed by atoms with Crippen molar-refractivity contribution in [2.75, 3.05) is 7.11 Å². The molecule has 2 heterocycles. The molecule has 0 bridgehead atoms. The predicted octanol–water partition coefficient (Wildman–Crippen LogP) is 1.40. The lowest BCUT2D eigenvalue weighted by atomic mass is 10.4. The zero-order chi connectivity index (χ0) is 10.1. The summed E-state index contributed by atoms with van der Waals surface area (Å²) in [4.78, 5) is 21.7. The molecule has 0 saturated heterocycles. The van der Waals surface area contributed by atoms with Gasteiger partial charge in [0.2, 0.25) is 5.28 Å². The van der Waals surface area contributed by atoms with E-state index in [4.69, 9.17) is 11.6 Å². The average Bonchev–Trinajstić information content (AvgIpc) is 2.59. The van der Waals surface area contributed by atoms with Crippen LogP contribution in [-0.4, -0.2) is 28.0 Å². The van der Waals surface area contributed by atoms with Gasteiger partial charge in [0.1, 0.15) is 5.69 Å². The maximum absolute atomic E-state index is 11.1. The Balaban J connectivity index is 2.56. The minimum absolute atomic E-state index is 0.146. The van der Waals surface area contributed by atoms with Crippen molar-refractivity contribution in [3.63, 3.8) is 0 Å². The van der Waals surface area contributed by atoms with Crippen LogP contribution in [0.2, 0.25) is 5.28 Å². The van der Waals surface area contributed by atoms with Gasteiger partial charge in [-0.15, -0.1) is 0 Å². The Bertz CT molecular complexity index is 494. The Morgan fingerprint density at radius 3 is 3.14 bits per heavy atom. The highest BCUT2D eigenvalue weighted by Crippen LogP contribution is 2.14. The first kappa shape index (κ1) is 8.96. The fraction of sp³-hybridized carbons (Fsp3) is 0.125. The number of H-pyrrole nitrogens is 1. The minimum Gasteiger partial charge on any atom is -0.464 e. The number of carbonyl (C=O) groups is 1. The van der Waals surface area contributed by atoms with Crippen LogP contribution < -0.4 is 0 Å². The van der Waals surface area contributed by atoms with Crippen LogP contribution in [0.4, 0.5) is 0 Å². The van der Waals surface area contributed by atoms with Gasteiger partial charge in [0.15, 0.2) is 0 Å². The van der Waals surface area contributed by atoms with Gasteiger partial charge in [0.25, 0.3) is 0 Å². The highest BCUT2D eigenvalue weighted by molar-refractivity contribution is 6.28. The van der Waals surface area contributed by atoms with Crippen molar-refractivity contribution in [2.45, 2.75) is 0 Å². The number of nitrogens with zero attached hydrogens (tertiary/aromatic N) is 2. The van der Waals surface area contributed by atoms with Gasteiger partial charge in [-0.1, -0.05) is 0 Å². The lowest BCUT2D eigenvalue weighted by molar-refractivity contribution is 0.0595. The third-order valence-electron chi connectivity index (χ3n) is 1.74. The largest absolute Gasteiger partial charge is 0.464 e. The van der Waals surface area contributed by atoms with Gasteiger partial charge in [-0.25, -0.2) is 14.8 Å². The quantitative estimate of drug-likeness (QED) is 0.572. The number of carbonyl (C=O) groups excluding carboxylic acids is 1. The number of aromatic nitrogens is 3. The molecule has 0 radical (unpaired) electrons. The second-order valence-electron chi connectivity index (χ2n) is 2.61. The number of hydrogen-bond donors (Lipinski definition) is 1. The van der Waals surface area contributed by atoms with Gasteiger partial charge in [0, 0.05) is 0 Å². The Morgan fingerprint density at radius 1 is 1.64 bits per heavy atom. The number of aromatic amines is 1. The van der Waals surface area contributed by atoms with Gasteiger partial charge in [-0.3, -0.25) is 0 Å². The molecule has 5 nitrogen and oxygen atoms in total. The molecule has 2 aromatic rings. The molecule has 0 atom stereocenters. The van der Waals surface area contributed by atoms with Crippen molar-refractivity contribution < 1.29 is 9.53 Å². The lowest BCUT2D eigenvalue weighted by Gasteiger charge is -1.91. The number of rotatable bonds is 1. The SMILES string of the molecule is COC(=O)c1cc2nc(Cl)ncc2[nH]1. The summed E-state index contributed by atoms with van der Waals surface area (Å²) in [5.41, 5.74) is 1.57. The van der Waals surface area contributed by atoms with E-state index in [-0.39, 0.29) is 5.28 Å². The van der Waals surface area contributed by atoms with Crippen LogP contribution in [0.3, 0.4) is 0 Å². The predicted molar refractivity (Wildman–Crippen MR) is 50.2 cm³/mol. The number of fused-ring (bicyclic) bond motifs is 1. The average molecular weight is 212 g/mol. The van der Waals surface area contributed by atoms with Crippen LogP contribution in [0, 0.1) is 0 Å². The standard InChI is InChI=1S/C8H6ClN3O2/c1-14-7(13)5-2-4-6(11-5)3-10-8(9)12-4/h2-3,11H,1H3. The Morgan fingerprint density at radius 2 is 2.43 bits per heavy atom. The molecule has 0 aliphatic rings. The summed E-state index contributed by atoms with van der Waals surface area (Å²) in [7, 11) is 1.31. The third-order valence-corrected chi connectivity index (χ3v) is 1.93. The minimum atomic E-state index is -0.445. The fourth-order valence-electron chi connectivity index (χ4n) is 1.12. The summed E-state index contributed by atoms with van der Waals surface area (Å²) < 4.78 is 4.54. The Hall–Kier alpha value is -1.62. The van der Waals surface area contributed by atoms with Crippen molar-refractivity contribution in [2.24, 2.45) is 0 Å². The van der Waals surface area contributed by atoms with Crippen molar-refractivity contribution in [3.05, 3.63) is 23.2 Å². The lowest BCUT2D eigenvalue weighted by Crippen LogP contribution is -2.00. The highest BCUT2D eigenvalue weighted by Gasteiger charge is 2.10. The van der Waals surface area contributed by atoms with E-state index < -0.39 is 5.97 Å². The van der Waals surface area contributed by atoms with E-state index in [2.05, 4.69) is 19.7 Å². The molecule has 0 fully saturated rings. The number of ether oxygens (including phenoxy) is 1. The van der Waals surface area contributed by atoms with Crippen LogP contribution in [0.25, 0.3) is 11.0 Å². The Labute approximate surface area is 84.1 Å². The first-order valence-corrected chi connectivity index (χ1v) is 4.18. The van der Waals surface area contributed by atoms with Crippen molar-refractivity contribution in [3.8, 4) is 0 Å². The van der Waals surface area contributed by atoms with Crippen LogP contribution in [0.5, 0.6) is 0 Å².